The van der Waals surface area contributed by atoms with Crippen LogP contribution in [0.5, 0.6) is 0 Å². The molecule has 5 atom stereocenters. The zero-order chi connectivity index (χ0) is 17.4. The predicted molar refractivity (Wildman–Crippen MR) is 104 cm³/mol. The Morgan fingerprint density at radius 2 is 1.48 bits per heavy atom. The Labute approximate surface area is 154 Å². The van der Waals surface area contributed by atoms with Crippen LogP contribution in [0.15, 0.2) is 70.5 Å². The van der Waals surface area contributed by atoms with Crippen molar-refractivity contribution in [2.75, 3.05) is 0 Å². The Kier molecular flexibility index (Phi) is 4.74. The Hall–Kier alpha value is -1.52. The molecule has 0 aromatic heterocycles. The smallest absolute Gasteiger partial charge is 0.0601 e. The average molecular weight is 371 g/mol. The second-order valence-electron chi connectivity index (χ2n) is 6.78. The Morgan fingerprint density at radius 3 is 2.08 bits per heavy atom. The maximum absolute atomic E-state index is 13.6. The zero-order valence-corrected chi connectivity index (χ0v) is 15.9. The lowest BCUT2D eigenvalue weighted by Gasteiger charge is -2.33. The lowest BCUT2D eigenvalue weighted by Crippen LogP contribution is -2.39. The molecule has 0 amide bonds. The highest BCUT2D eigenvalue weighted by atomic mass is 32.2. The molecule has 0 saturated carbocycles. The Morgan fingerprint density at radius 1 is 0.880 bits per heavy atom. The maximum atomic E-state index is 13.6. The molecule has 130 valence electrons. The Bertz CT molecular complexity index is 872. The van der Waals surface area contributed by atoms with Gasteiger partial charge >= 0.3 is 0 Å². The van der Waals surface area contributed by atoms with Gasteiger partial charge < -0.3 is 0 Å². The molecular weight excluding hydrogens is 348 g/mol. The van der Waals surface area contributed by atoms with Gasteiger partial charge in [-0.05, 0) is 55.4 Å². The molecule has 0 fully saturated rings. The first kappa shape index (κ1) is 16.9. The van der Waals surface area contributed by atoms with Crippen LogP contribution in [-0.4, -0.2) is 18.9 Å². The van der Waals surface area contributed by atoms with Gasteiger partial charge in [0.1, 0.15) is 0 Å². The summed E-state index contributed by atoms with van der Waals surface area (Å²) in [6.07, 6.45) is 7.63. The van der Waals surface area contributed by atoms with Gasteiger partial charge in [-0.2, -0.15) is 0 Å². The molecule has 2 aliphatic rings. The summed E-state index contributed by atoms with van der Waals surface area (Å²) in [6.45, 7) is 2.01. The van der Waals surface area contributed by atoms with Gasteiger partial charge in [0, 0.05) is 9.79 Å². The first-order valence-corrected chi connectivity index (χ1v) is 11.3. The van der Waals surface area contributed by atoms with E-state index in [0.29, 0.717) is 0 Å². The van der Waals surface area contributed by atoms with E-state index in [9.17, 15) is 8.42 Å². The Balaban J connectivity index is 1.93. The highest BCUT2D eigenvalue weighted by Gasteiger charge is 2.38. The third kappa shape index (κ3) is 2.96. The SMILES string of the molecule is CC1C(C2C=CCCC2)S(=O)c2ccccc2-c2ccccc2S1=O. The number of hydrogen-bond donors (Lipinski definition) is 0. The predicted octanol–water partition coefficient (Wildman–Crippen LogP) is 4.70. The summed E-state index contributed by atoms with van der Waals surface area (Å²) < 4.78 is 26.9. The van der Waals surface area contributed by atoms with Gasteiger partial charge in [-0.25, -0.2) is 0 Å². The molecule has 2 nitrogen and oxygen atoms in total. The molecule has 25 heavy (non-hydrogen) atoms. The van der Waals surface area contributed by atoms with Gasteiger partial charge in [-0.15, -0.1) is 0 Å². The van der Waals surface area contributed by atoms with Gasteiger partial charge in [0.15, 0.2) is 0 Å². The van der Waals surface area contributed by atoms with Crippen molar-refractivity contribution in [1.29, 1.82) is 0 Å². The van der Waals surface area contributed by atoms with E-state index in [2.05, 4.69) is 12.2 Å². The number of hydrogen-bond acceptors (Lipinski definition) is 2. The molecule has 1 heterocycles. The summed E-state index contributed by atoms with van der Waals surface area (Å²) in [5.41, 5.74) is 1.91. The molecule has 2 aromatic rings. The van der Waals surface area contributed by atoms with E-state index in [-0.39, 0.29) is 16.4 Å². The number of allylic oxidation sites excluding steroid dienone is 2. The molecule has 4 heteroatoms. The van der Waals surface area contributed by atoms with Crippen molar-refractivity contribution in [3.8, 4) is 11.1 Å². The highest BCUT2D eigenvalue weighted by Crippen LogP contribution is 2.40. The summed E-state index contributed by atoms with van der Waals surface area (Å²) in [5.74, 6) is 0.229. The molecule has 1 aliphatic heterocycles. The lowest BCUT2D eigenvalue weighted by molar-refractivity contribution is 0.500. The molecule has 0 N–H and O–H groups in total. The molecular formula is C21H22O2S2. The molecule has 1 aliphatic carbocycles. The van der Waals surface area contributed by atoms with E-state index in [1.54, 1.807) is 0 Å². The molecule has 4 rings (SSSR count). The second-order valence-corrected chi connectivity index (χ2v) is 10.1. The van der Waals surface area contributed by atoms with E-state index < -0.39 is 21.6 Å². The van der Waals surface area contributed by atoms with Crippen LogP contribution in [0.25, 0.3) is 11.1 Å². The summed E-state index contributed by atoms with van der Waals surface area (Å²) in [6, 6.07) is 15.8. The molecule has 2 aromatic carbocycles. The van der Waals surface area contributed by atoms with Crippen molar-refractivity contribution in [2.24, 2.45) is 5.92 Å². The molecule has 5 unspecified atom stereocenters. The van der Waals surface area contributed by atoms with Gasteiger partial charge in [0.25, 0.3) is 0 Å². The largest absolute Gasteiger partial charge is 0.254 e. The average Bonchev–Trinajstić information content (AvgIpc) is 2.67. The number of fused-ring (bicyclic) bond motifs is 3. The topological polar surface area (TPSA) is 34.1 Å². The lowest BCUT2D eigenvalue weighted by atomic mass is 9.91. The summed E-state index contributed by atoms with van der Waals surface area (Å²) in [4.78, 5) is 1.74. The second kappa shape index (κ2) is 7.00. The van der Waals surface area contributed by atoms with E-state index >= 15 is 0 Å². The van der Waals surface area contributed by atoms with Gasteiger partial charge in [0.2, 0.25) is 0 Å². The number of rotatable bonds is 1. The van der Waals surface area contributed by atoms with Gasteiger partial charge in [-0.1, -0.05) is 48.6 Å². The fraction of sp³-hybridized carbons (Fsp3) is 0.333. The van der Waals surface area contributed by atoms with Gasteiger partial charge in [-0.3, -0.25) is 8.42 Å². The minimum absolute atomic E-state index is 0.119. The van der Waals surface area contributed by atoms with E-state index in [1.165, 1.54) is 0 Å². The fourth-order valence-electron chi connectivity index (χ4n) is 3.99. The van der Waals surface area contributed by atoms with Crippen LogP contribution in [-0.2, 0) is 21.6 Å². The molecule has 0 bridgehead atoms. The molecule has 0 spiro atoms. The molecule has 0 saturated heterocycles. The van der Waals surface area contributed by atoms with Crippen LogP contribution in [0.1, 0.15) is 26.2 Å². The first-order valence-electron chi connectivity index (χ1n) is 8.84. The van der Waals surface area contributed by atoms with Crippen LogP contribution in [0.3, 0.4) is 0 Å². The minimum atomic E-state index is -1.18. The summed E-state index contributed by atoms with van der Waals surface area (Å²) in [7, 11) is -2.36. The number of benzene rings is 2. The van der Waals surface area contributed by atoms with Crippen molar-refractivity contribution in [1.82, 2.24) is 0 Å². The van der Waals surface area contributed by atoms with Crippen LogP contribution in [0, 0.1) is 5.92 Å². The fourth-order valence-corrected chi connectivity index (χ4v) is 7.84. The van der Waals surface area contributed by atoms with Crippen LogP contribution >= 0.6 is 0 Å². The van der Waals surface area contributed by atoms with Crippen molar-refractivity contribution >= 4 is 21.6 Å². The van der Waals surface area contributed by atoms with E-state index in [4.69, 9.17) is 0 Å². The van der Waals surface area contributed by atoms with Crippen molar-refractivity contribution < 1.29 is 8.42 Å². The third-order valence-corrected chi connectivity index (χ3v) is 9.23. The highest BCUT2D eigenvalue weighted by molar-refractivity contribution is 7.90. The van der Waals surface area contributed by atoms with E-state index in [1.807, 2.05) is 55.5 Å². The van der Waals surface area contributed by atoms with Gasteiger partial charge in [0.05, 0.1) is 32.1 Å². The summed E-state index contributed by atoms with van der Waals surface area (Å²) >= 11 is 0. The van der Waals surface area contributed by atoms with Crippen LogP contribution < -0.4 is 0 Å². The third-order valence-electron chi connectivity index (χ3n) is 5.26. The van der Waals surface area contributed by atoms with E-state index in [0.717, 1.165) is 40.2 Å². The quantitative estimate of drug-likeness (QED) is 0.682. The zero-order valence-electron chi connectivity index (χ0n) is 14.3. The maximum Gasteiger partial charge on any atom is 0.0601 e. The standard InChI is InChI=1S/C21H22O2S2/c1-15-21(16-9-3-2-4-10-16)25(23)20-14-8-6-12-18(20)17-11-5-7-13-19(17)24(15)22/h3,5-9,11-16,21H,2,4,10H2,1H3. The summed E-state index contributed by atoms with van der Waals surface area (Å²) in [5, 5.41) is -0.269. The first-order chi connectivity index (χ1) is 12.2. The normalized spacial score (nSPS) is 31.5. The van der Waals surface area contributed by atoms with Crippen molar-refractivity contribution in [3.63, 3.8) is 0 Å². The van der Waals surface area contributed by atoms with Crippen LogP contribution in [0.2, 0.25) is 0 Å². The van der Waals surface area contributed by atoms with Crippen molar-refractivity contribution in [3.05, 3.63) is 60.7 Å². The monoisotopic (exact) mass is 370 g/mol. The minimum Gasteiger partial charge on any atom is -0.254 e. The van der Waals surface area contributed by atoms with Crippen LogP contribution in [0.4, 0.5) is 0 Å². The molecule has 0 radical (unpaired) electrons. The van der Waals surface area contributed by atoms with Crippen molar-refractivity contribution in [2.45, 2.75) is 46.5 Å².